The van der Waals surface area contributed by atoms with Gasteiger partial charge in [-0.2, -0.15) is 0 Å². The fraction of sp³-hybridized carbons (Fsp3) is 0.938. The van der Waals surface area contributed by atoms with Crippen molar-refractivity contribution in [1.82, 2.24) is 9.80 Å². The molecular weight excluding hydrogens is 266 g/mol. The molecule has 1 aliphatic carbocycles. The van der Waals surface area contributed by atoms with Crippen LogP contribution in [0.3, 0.4) is 0 Å². The predicted octanol–water partition coefficient (Wildman–Crippen LogP) is 0.968. The van der Waals surface area contributed by atoms with Gasteiger partial charge < -0.3 is 10.5 Å². The molecule has 3 fully saturated rings. The van der Waals surface area contributed by atoms with Gasteiger partial charge in [-0.3, -0.25) is 14.6 Å². The Morgan fingerprint density at radius 1 is 1.24 bits per heavy atom. The Morgan fingerprint density at radius 3 is 2.76 bits per heavy atom. The van der Waals surface area contributed by atoms with Crippen LogP contribution >= 0.6 is 0 Å². The summed E-state index contributed by atoms with van der Waals surface area (Å²) in [6, 6.07) is 1.90. The van der Waals surface area contributed by atoms with Crippen molar-refractivity contribution in [1.29, 1.82) is 0 Å². The Kier molecular flexibility index (Phi) is 4.26. The molecule has 2 bridgehead atoms. The quantitative estimate of drug-likeness (QED) is 0.786. The predicted molar refractivity (Wildman–Crippen MR) is 82.0 cm³/mol. The summed E-state index contributed by atoms with van der Waals surface area (Å²) in [4.78, 5) is 17.2. The molecular formula is C16H29N3O2. The van der Waals surface area contributed by atoms with Crippen LogP contribution in [0, 0.1) is 0 Å². The van der Waals surface area contributed by atoms with Crippen LogP contribution in [0.4, 0.5) is 0 Å². The molecule has 4 unspecified atom stereocenters. The van der Waals surface area contributed by atoms with E-state index in [-0.39, 0.29) is 5.97 Å². The average molecular weight is 295 g/mol. The minimum absolute atomic E-state index is 0.207. The van der Waals surface area contributed by atoms with Crippen molar-refractivity contribution < 1.29 is 9.53 Å². The topological polar surface area (TPSA) is 58.8 Å². The molecule has 4 atom stereocenters. The Balaban J connectivity index is 1.62. The summed E-state index contributed by atoms with van der Waals surface area (Å²) in [6.07, 6.45) is 6.46. The summed E-state index contributed by atoms with van der Waals surface area (Å²) in [7, 11) is 2.27. The standard InChI is InChI=1S/C16H29N3O2/c1-3-21-15(20)16(17)8-6-13(10-16)19-9-7-12-4-5-14(11-19)18(12)2/h12-14H,3-11,17H2,1-2H3. The molecule has 3 rings (SSSR count). The zero-order valence-corrected chi connectivity index (χ0v) is 13.4. The monoisotopic (exact) mass is 295 g/mol. The number of hydrogen-bond donors (Lipinski definition) is 1. The number of likely N-dealkylation sites (tertiary alicyclic amines) is 1. The summed E-state index contributed by atoms with van der Waals surface area (Å²) in [5.74, 6) is -0.207. The molecule has 0 amide bonds. The van der Waals surface area contributed by atoms with E-state index in [0.29, 0.717) is 18.7 Å². The van der Waals surface area contributed by atoms with Crippen LogP contribution in [-0.2, 0) is 9.53 Å². The third-order valence-electron chi connectivity index (χ3n) is 5.90. The number of carbonyl (C=O) groups excluding carboxylic acids is 1. The first-order chi connectivity index (χ1) is 10.0. The van der Waals surface area contributed by atoms with Crippen molar-refractivity contribution in [3.05, 3.63) is 0 Å². The highest BCUT2D eigenvalue weighted by Crippen LogP contribution is 2.36. The maximum Gasteiger partial charge on any atom is 0.326 e. The average Bonchev–Trinajstić information content (AvgIpc) is 2.93. The molecule has 21 heavy (non-hydrogen) atoms. The molecule has 5 nitrogen and oxygen atoms in total. The van der Waals surface area contributed by atoms with E-state index >= 15 is 0 Å². The number of hydrogen-bond acceptors (Lipinski definition) is 5. The van der Waals surface area contributed by atoms with Gasteiger partial charge in [-0.25, -0.2) is 0 Å². The minimum atomic E-state index is -0.752. The highest BCUT2D eigenvalue weighted by atomic mass is 16.5. The van der Waals surface area contributed by atoms with Crippen molar-refractivity contribution >= 4 is 5.97 Å². The molecule has 2 aliphatic heterocycles. The molecule has 0 aromatic heterocycles. The van der Waals surface area contributed by atoms with Crippen LogP contribution in [-0.4, -0.2) is 66.2 Å². The van der Waals surface area contributed by atoms with Crippen LogP contribution in [0.15, 0.2) is 0 Å². The lowest BCUT2D eigenvalue weighted by molar-refractivity contribution is -0.149. The zero-order chi connectivity index (χ0) is 15.0. The van der Waals surface area contributed by atoms with Crippen molar-refractivity contribution in [3.8, 4) is 0 Å². The molecule has 2 saturated heterocycles. The largest absolute Gasteiger partial charge is 0.465 e. The second-order valence-electron chi connectivity index (χ2n) is 7.11. The van der Waals surface area contributed by atoms with E-state index in [9.17, 15) is 4.79 Å². The van der Waals surface area contributed by atoms with Gasteiger partial charge >= 0.3 is 5.97 Å². The normalized spacial score (nSPS) is 41.2. The van der Waals surface area contributed by atoms with Crippen LogP contribution in [0.25, 0.3) is 0 Å². The summed E-state index contributed by atoms with van der Waals surface area (Å²) < 4.78 is 5.16. The Labute approximate surface area is 127 Å². The van der Waals surface area contributed by atoms with Crippen molar-refractivity contribution in [2.45, 2.75) is 69.1 Å². The highest BCUT2D eigenvalue weighted by Gasteiger charge is 2.46. The maximum absolute atomic E-state index is 12.1. The number of nitrogens with zero attached hydrogens (tertiary/aromatic N) is 2. The molecule has 120 valence electrons. The Hall–Kier alpha value is -0.650. The van der Waals surface area contributed by atoms with Crippen molar-refractivity contribution in [2.75, 3.05) is 26.7 Å². The number of ether oxygens (including phenoxy) is 1. The second kappa shape index (κ2) is 5.86. The summed E-state index contributed by atoms with van der Waals surface area (Å²) in [6.45, 7) is 4.54. The van der Waals surface area contributed by atoms with Gasteiger partial charge in [0.15, 0.2) is 0 Å². The fourth-order valence-corrected chi connectivity index (χ4v) is 4.49. The van der Waals surface area contributed by atoms with E-state index in [0.717, 1.165) is 38.4 Å². The fourth-order valence-electron chi connectivity index (χ4n) is 4.49. The molecule has 2 heterocycles. The number of rotatable bonds is 3. The Morgan fingerprint density at radius 2 is 2.00 bits per heavy atom. The molecule has 5 heteroatoms. The maximum atomic E-state index is 12.1. The van der Waals surface area contributed by atoms with Crippen LogP contribution in [0.5, 0.6) is 0 Å². The Bertz CT molecular complexity index is 403. The summed E-state index contributed by atoms with van der Waals surface area (Å²) >= 11 is 0. The lowest BCUT2D eigenvalue weighted by Crippen LogP contribution is -2.49. The molecule has 0 spiro atoms. The lowest BCUT2D eigenvalue weighted by atomic mass is 9.98. The first-order valence-electron chi connectivity index (χ1n) is 8.45. The summed E-state index contributed by atoms with van der Waals surface area (Å²) in [5, 5.41) is 0. The van der Waals surface area contributed by atoms with E-state index in [4.69, 9.17) is 10.5 Å². The molecule has 0 radical (unpaired) electrons. The third-order valence-corrected chi connectivity index (χ3v) is 5.90. The van der Waals surface area contributed by atoms with E-state index in [2.05, 4.69) is 16.8 Å². The number of fused-ring (bicyclic) bond motifs is 2. The number of likely N-dealkylation sites (N-methyl/N-ethyl adjacent to an activating group) is 1. The second-order valence-corrected chi connectivity index (χ2v) is 7.11. The van der Waals surface area contributed by atoms with Crippen molar-refractivity contribution in [2.24, 2.45) is 5.73 Å². The van der Waals surface area contributed by atoms with Crippen molar-refractivity contribution in [3.63, 3.8) is 0 Å². The van der Waals surface area contributed by atoms with Gasteiger partial charge in [-0.1, -0.05) is 0 Å². The molecule has 3 aliphatic rings. The number of carbonyl (C=O) groups is 1. The van der Waals surface area contributed by atoms with Gasteiger partial charge in [-0.15, -0.1) is 0 Å². The van der Waals surface area contributed by atoms with Crippen LogP contribution in [0.1, 0.15) is 45.4 Å². The number of nitrogens with two attached hydrogens (primary N) is 1. The van der Waals surface area contributed by atoms with Gasteiger partial charge in [0.2, 0.25) is 0 Å². The van der Waals surface area contributed by atoms with Crippen LogP contribution in [0.2, 0.25) is 0 Å². The summed E-state index contributed by atoms with van der Waals surface area (Å²) in [5.41, 5.74) is 5.56. The number of esters is 1. The van der Waals surface area contributed by atoms with E-state index in [1.54, 1.807) is 0 Å². The van der Waals surface area contributed by atoms with E-state index in [1.165, 1.54) is 19.3 Å². The first kappa shape index (κ1) is 15.3. The molecule has 0 aromatic carbocycles. The van der Waals surface area contributed by atoms with Gasteiger partial charge in [0.25, 0.3) is 0 Å². The van der Waals surface area contributed by atoms with E-state index < -0.39 is 5.54 Å². The highest BCUT2D eigenvalue weighted by molar-refractivity contribution is 5.81. The molecule has 1 saturated carbocycles. The SMILES string of the molecule is CCOC(=O)C1(N)CCC(N2CCC3CCC(C2)N3C)C1. The zero-order valence-electron chi connectivity index (χ0n) is 13.4. The molecule has 2 N–H and O–H groups in total. The minimum Gasteiger partial charge on any atom is -0.465 e. The van der Waals surface area contributed by atoms with E-state index in [1.807, 2.05) is 6.92 Å². The van der Waals surface area contributed by atoms with Gasteiger partial charge in [0.05, 0.1) is 6.61 Å². The first-order valence-corrected chi connectivity index (χ1v) is 8.45. The van der Waals surface area contributed by atoms with Gasteiger partial charge in [0.1, 0.15) is 5.54 Å². The van der Waals surface area contributed by atoms with Crippen LogP contribution < -0.4 is 5.73 Å². The van der Waals surface area contributed by atoms with Gasteiger partial charge in [0, 0.05) is 24.7 Å². The third kappa shape index (κ3) is 2.83. The molecule has 0 aromatic rings. The lowest BCUT2D eigenvalue weighted by Gasteiger charge is -2.31. The smallest absolute Gasteiger partial charge is 0.326 e. The van der Waals surface area contributed by atoms with Gasteiger partial charge in [-0.05, 0) is 59.0 Å².